The fraction of sp³-hybridized carbons (Fsp3) is 0.267. The van der Waals surface area contributed by atoms with E-state index in [-0.39, 0.29) is 40.1 Å². The Hall–Kier alpha value is -3.80. The predicted molar refractivity (Wildman–Crippen MR) is 160 cm³/mol. The normalized spacial score (nSPS) is 12.2. The number of rotatable bonds is 10. The molecule has 0 aliphatic heterocycles. The molecule has 0 fully saturated rings. The van der Waals surface area contributed by atoms with Crippen molar-refractivity contribution in [1.82, 2.24) is 14.7 Å². The summed E-state index contributed by atoms with van der Waals surface area (Å²) in [6.07, 6.45) is 1.20. The van der Waals surface area contributed by atoms with Gasteiger partial charge >= 0.3 is 0 Å². The highest BCUT2D eigenvalue weighted by molar-refractivity contribution is 7.92. The van der Waals surface area contributed by atoms with Crippen molar-refractivity contribution in [2.45, 2.75) is 49.8 Å². The molecule has 0 aliphatic rings. The van der Waals surface area contributed by atoms with Gasteiger partial charge in [-0.3, -0.25) is 4.72 Å². The molecule has 1 heterocycles. The van der Waals surface area contributed by atoms with Gasteiger partial charge in [0.05, 0.1) is 15.4 Å². The van der Waals surface area contributed by atoms with Crippen molar-refractivity contribution in [2.24, 2.45) is 0 Å². The Morgan fingerprint density at radius 2 is 1.46 bits per heavy atom. The standard InChI is InChI=1S/C30H34N4O5S2/c1-21-10-12-23(13-11-21)27-28(34-40(35,36)25-16-14-24(15-17-25)30(3,4)5)31-20-32-29(27)39-19-18-33-41(37,38)26-9-7-6-8-22(26)2/h6-17,20,33H,18-19H2,1-5H3,(H,31,32,34). The number of hydrogen-bond acceptors (Lipinski definition) is 7. The van der Waals surface area contributed by atoms with Gasteiger partial charge in [-0.05, 0) is 54.2 Å². The summed E-state index contributed by atoms with van der Waals surface area (Å²) >= 11 is 0. The average Bonchev–Trinajstić information content (AvgIpc) is 2.91. The summed E-state index contributed by atoms with van der Waals surface area (Å²) in [5, 5.41) is 0. The number of ether oxygens (including phenoxy) is 1. The molecule has 0 aliphatic carbocycles. The summed E-state index contributed by atoms with van der Waals surface area (Å²) in [6.45, 7) is 9.74. The lowest BCUT2D eigenvalue weighted by atomic mass is 9.87. The lowest BCUT2D eigenvalue weighted by molar-refractivity contribution is 0.311. The zero-order valence-electron chi connectivity index (χ0n) is 23.7. The lowest BCUT2D eigenvalue weighted by Gasteiger charge is -2.19. The van der Waals surface area contributed by atoms with Gasteiger partial charge in [0.2, 0.25) is 15.9 Å². The summed E-state index contributed by atoms with van der Waals surface area (Å²) in [4.78, 5) is 8.75. The van der Waals surface area contributed by atoms with Crippen molar-refractivity contribution >= 4 is 25.9 Å². The van der Waals surface area contributed by atoms with Crippen LogP contribution in [-0.2, 0) is 25.5 Å². The Balaban J connectivity index is 1.60. The molecule has 0 atom stereocenters. The third-order valence-electron chi connectivity index (χ3n) is 6.43. The van der Waals surface area contributed by atoms with Crippen LogP contribution in [-0.4, -0.2) is 40.0 Å². The summed E-state index contributed by atoms with van der Waals surface area (Å²) in [7, 11) is -7.74. The van der Waals surface area contributed by atoms with E-state index in [9.17, 15) is 16.8 Å². The summed E-state index contributed by atoms with van der Waals surface area (Å²) in [5.74, 6) is 0.152. The van der Waals surface area contributed by atoms with Crippen LogP contribution in [0.2, 0.25) is 0 Å². The van der Waals surface area contributed by atoms with Crippen LogP contribution in [0.15, 0.2) is 88.9 Å². The van der Waals surface area contributed by atoms with E-state index in [0.717, 1.165) is 11.1 Å². The van der Waals surface area contributed by atoms with Gasteiger partial charge in [-0.25, -0.2) is 31.5 Å². The summed E-state index contributed by atoms with van der Waals surface area (Å²) < 4.78 is 63.2. The van der Waals surface area contributed by atoms with Crippen molar-refractivity contribution in [3.05, 3.63) is 95.8 Å². The molecule has 0 saturated carbocycles. The van der Waals surface area contributed by atoms with Gasteiger partial charge in [-0.15, -0.1) is 0 Å². The minimum absolute atomic E-state index is 0.0325. The Kier molecular flexibility index (Phi) is 8.81. The molecular weight excluding hydrogens is 560 g/mol. The Morgan fingerprint density at radius 1 is 0.805 bits per heavy atom. The number of aryl methyl sites for hydroxylation is 2. The van der Waals surface area contributed by atoms with Crippen LogP contribution in [0.3, 0.4) is 0 Å². The lowest BCUT2D eigenvalue weighted by Crippen LogP contribution is -2.29. The minimum atomic E-state index is -4.00. The van der Waals surface area contributed by atoms with Gasteiger partial charge in [0, 0.05) is 6.54 Å². The average molecular weight is 595 g/mol. The predicted octanol–water partition coefficient (Wildman–Crippen LogP) is 5.22. The zero-order chi connectivity index (χ0) is 29.8. The van der Waals surface area contributed by atoms with Crippen molar-refractivity contribution in [3.8, 4) is 17.0 Å². The molecule has 1 aromatic heterocycles. The van der Waals surface area contributed by atoms with Gasteiger partial charge in [0.25, 0.3) is 10.0 Å². The largest absolute Gasteiger partial charge is 0.476 e. The monoisotopic (exact) mass is 594 g/mol. The molecule has 0 radical (unpaired) electrons. The number of anilines is 1. The highest BCUT2D eigenvalue weighted by Crippen LogP contribution is 2.35. The molecule has 41 heavy (non-hydrogen) atoms. The van der Waals surface area contributed by atoms with Crippen molar-refractivity contribution < 1.29 is 21.6 Å². The number of nitrogens with zero attached hydrogens (tertiary/aromatic N) is 2. The van der Waals surface area contributed by atoms with Crippen LogP contribution in [0.1, 0.15) is 37.5 Å². The first-order valence-corrected chi connectivity index (χ1v) is 16.0. The fourth-order valence-electron chi connectivity index (χ4n) is 4.12. The molecule has 0 bridgehead atoms. The second-order valence-corrected chi connectivity index (χ2v) is 14.1. The smallest absolute Gasteiger partial charge is 0.263 e. The van der Waals surface area contributed by atoms with E-state index < -0.39 is 20.0 Å². The van der Waals surface area contributed by atoms with Gasteiger partial charge < -0.3 is 4.74 Å². The zero-order valence-corrected chi connectivity index (χ0v) is 25.3. The minimum Gasteiger partial charge on any atom is -0.476 e. The molecule has 0 spiro atoms. The first kappa shape index (κ1) is 30.2. The van der Waals surface area contributed by atoms with Crippen LogP contribution in [0.25, 0.3) is 11.1 Å². The third kappa shape index (κ3) is 7.29. The Morgan fingerprint density at radius 3 is 2.10 bits per heavy atom. The Bertz CT molecular complexity index is 1730. The summed E-state index contributed by atoms with van der Waals surface area (Å²) in [6, 6.07) is 20.8. The van der Waals surface area contributed by atoms with Gasteiger partial charge in [-0.2, -0.15) is 0 Å². The fourth-order valence-corrected chi connectivity index (χ4v) is 6.40. The van der Waals surface area contributed by atoms with E-state index in [1.807, 2.05) is 31.2 Å². The molecule has 2 N–H and O–H groups in total. The molecule has 0 amide bonds. The quantitative estimate of drug-likeness (QED) is 0.241. The molecule has 9 nitrogen and oxygen atoms in total. The van der Waals surface area contributed by atoms with Gasteiger partial charge in [-0.1, -0.05) is 80.9 Å². The van der Waals surface area contributed by atoms with Crippen LogP contribution >= 0.6 is 0 Å². The van der Waals surface area contributed by atoms with E-state index in [1.54, 1.807) is 49.4 Å². The molecule has 11 heteroatoms. The van der Waals surface area contributed by atoms with E-state index in [2.05, 4.69) is 40.2 Å². The van der Waals surface area contributed by atoms with Crippen LogP contribution < -0.4 is 14.2 Å². The van der Waals surface area contributed by atoms with E-state index in [1.165, 1.54) is 12.4 Å². The molecule has 216 valence electrons. The first-order chi connectivity index (χ1) is 19.3. The molecular formula is C30H34N4O5S2. The van der Waals surface area contributed by atoms with Crippen molar-refractivity contribution in [3.63, 3.8) is 0 Å². The molecule has 4 rings (SSSR count). The molecule has 0 unspecified atom stereocenters. The van der Waals surface area contributed by atoms with E-state index in [0.29, 0.717) is 16.7 Å². The highest BCUT2D eigenvalue weighted by atomic mass is 32.2. The maximum Gasteiger partial charge on any atom is 0.263 e. The second-order valence-electron chi connectivity index (χ2n) is 10.7. The van der Waals surface area contributed by atoms with Crippen molar-refractivity contribution in [2.75, 3.05) is 17.9 Å². The maximum absolute atomic E-state index is 13.4. The van der Waals surface area contributed by atoms with Crippen LogP contribution in [0.5, 0.6) is 5.88 Å². The number of aromatic nitrogens is 2. The maximum atomic E-state index is 13.4. The topological polar surface area (TPSA) is 127 Å². The third-order valence-corrected chi connectivity index (χ3v) is 9.41. The number of benzene rings is 3. The Labute approximate surface area is 242 Å². The van der Waals surface area contributed by atoms with Crippen LogP contribution in [0.4, 0.5) is 5.82 Å². The first-order valence-electron chi connectivity index (χ1n) is 13.0. The van der Waals surface area contributed by atoms with Gasteiger partial charge in [0.1, 0.15) is 12.9 Å². The second kappa shape index (κ2) is 12.0. The van der Waals surface area contributed by atoms with Crippen LogP contribution in [0, 0.1) is 13.8 Å². The SMILES string of the molecule is Cc1ccc(-c2c(NS(=O)(=O)c3ccc(C(C)(C)C)cc3)ncnc2OCCNS(=O)(=O)c2ccccc2C)cc1. The van der Waals surface area contributed by atoms with Crippen molar-refractivity contribution in [1.29, 1.82) is 0 Å². The molecule has 3 aromatic carbocycles. The number of sulfonamides is 2. The van der Waals surface area contributed by atoms with Gasteiger partial charge in [0.15, 0.2) is 5.82 Å². The highest BCUT2D eigenvalue weighted by Gasteiger charge is 2.23. The number of hydrogen-bond donors (Lipinski definition) is 2. The molecule has 0 saturated heterocycles. The molecule has 4 aromatic rings. The van der Waals surface area contributed by atoms with E-state index in [4.69, 9.17) is 4.74 Å². The number of nitrogens with one attached hydrogen (secondary N) is 2. The summed E-state index contributed by atoms with van der Waals surface area (Å²) in [5.41, 5.74) is 3.49. The van der Waals surface area contributed by atoms with E-state index >= 15 is 0 Å².